The molecule has 0 spiro atoms. The zero-order chi connectivity index (χ0) is 21.0. The van der Waals surface area contributed by atoms with Gasteiger partial charge in [-0.2, -0.15) is 16.8 Å². The largest absolute Gasteiger partial charge is 0.295 e. The van der Waals surface area contributed by atoms with Crippen molar-refractivity contribution in [3.05, 3.63) is 79.4 Å². The fourth-order valence-electron chi connectivity index (χ4n) is 2.45. The Hall–Kier alpha value is -3.12. The number of hydrogen-bond acceptors (Lipinski definition) is 6. The summed E-state index contributed by atoms with van der Waals surface area (Å²) in [4.78, 5) is 4.04. The molecule has 0 aromatic heterocycles. The lowest BCUT2D eigenvalue weighted by Crippen LogP contribution is -2.26. The van der Waals surface area contributed by atoms with E-state index in [4.69, 9.17) is 11.1 Å². The summed E-state index contributed by atoms with van der Waals surface area (Å²) in [6, 6.07) is 5.40. The molecule has 0 unspecified atom stereocenters. The lowest BCUT2D eigenvalue weighted by molar-refractivity contribution is 0.476. The summed E-state index contributed by atoms with van der Waals surface area (Å²) in [5.74, 6) is 0. The normalized spacial score (nSPS) is 19.9. The average Bonchev–Trinajstić information content (AvgIpc) is 2.60. The predicted molar refractivity (Wildman–Crippen MR) is 98.6 cm³/mol. The summed E-state index contributed by atoms with van der Waals surface area (Å²) in [7, 11) is -9.31. The maximum atomic E-state index is 11.8. The number of benzene rings is 1. The number of nitrogens with zero attached hydrogens (tertiary/aromatic N) is 6. The zero-order valence-corrected chi connectivity index (χ0v) is 15.5. The lowest BCUT2D eigenvalue weighted by Gasteiger charge is -2.24. The second-order valence-electron chi connectivity index (χ2n) is 5.47. The molecule has 146 valence electrons. The number of rotatable bonds is 6. The second-order valence-corrected chi connectivity index (χ2v) is 8.30. The van der Waals surface area contributed by atoms with Gasteiger partial charge in [-0.3, -0.25) is 9.11 Å². The van der Waals surface area contributed by atoms with Crippen molar-refractivity contribution in [2.75, 3.05) is 0 Å². The Labute approximate surface area is 159 Å². The molecule has 0 saturated carbocycles. The van der Waals surface area contributed by atoms with Gasteiger partial charge < -0.3 is 0 Å². The molecular weight excluding hydrogens is 412 g/mol. The molecule has 0 bridgehead atoms. The van der Waals surface area contributed by atoms with Gasteiger partial charge >= 0.3 is 0 Å². The first-order chi connectivity index (χ1) is 13.0. The molecule has 2 rings (SSSR count). The van der Waals surface area contributed by atoms with Crippen LogP contribution in [-0.2, 0) is 20.2 Å². The van der Waals surface area contributed by atoms with Crippen LogP contribution in [-0.4, -0.2) is 31.6 Å². The van der Waals surface area contributed by atoms with Crippen LogP contribution in [0.1, 0.15) is 12.0 Å². The fourth-order valence-corrected chi connectivity index (χ4v) is 3.96. The molecule has 12 nitrogen and oxygen atoms in total. The molecule has 0 atom stereocenters. The highest BCUT2D eigenvalue weighted by atomic mass is 32.2. The Morgan fingerprint density at radius 3 is 2.14 bits per heavy atom. The second kappa shape index (κ2) is 7.86. The van der Waals surface area contributed by atoms with Crippen LogP contribution in [0.25, 0.3) is 27.0 Å². The van der Waals surface area contributed by atoms with Crippen molar-refractivity contribution >= 4 is 26.3 Å². The van der Waals surface area contributed by atoms with Gasteiger partial charge in [0, 0.05) is 16.2 Å². The van der Waals surface area contributed by atoms with Crippen molar-refractivity contribution in [1.82, 2.24) is 0 Å². The summed E-state index contributed by atoms with van der Waals surface area (Å²) < 4.78 is 65.1. The van der Waals surface area contributed by atoms with Gasteiger partial charge in [0.25, 0.3) is 20.2 Å². The third-order valence-electron chi connectivity index (χ3n) is 3.66. The first-order valence-electron chi connectivity index (χ1n) is 7.29. The summed E-state index contributed by atoms with van der Waals surface area (Å²) in [5, 5.41) is 6.59. The first kappa shape index (κ1) is 21.2. The smallest absolute Gasteiger partial charge is 0.282 e. The van der Waals surface area contributed by atoms with Crippen molar-refractivity contribution in [2.45, 2.75) is 17.0 Å². The molecule has 0 amide bonds. The molecule has 1 aliphatic carbocycles. The standard InChI is InChI=1S/C14H12N6O6S2/c15-19-17-14(18-20-16)8-7-11(13(9-14)28(24,25)26)6-5-10-3-1-2-4-12(10)27(21,22)23/h1-8H,9H2,(H,21,22,23)(H,24,25,26). The summed E-state index contributed by atoms with van der Waals surface area (Å²) >= 11 is 0. The van der Waals surface area contributed by atoms with Crippen LogP contribution in [0, 0.1) is 0 Å². The topological polar surface area (TPSA) is 206 Å². The van der Waals surface area contributed by atoms with Gasteiger partial charge in [-0.1, -0.05) is 52.7 Å². The Morgan fingerprint density at radius 2 is 1.61 bits per heavy atom. The van der Waals surface area contributed by atoms with E-state index in [2.05, 4.69) is 20.1 Å². The van der Waals surface area contributed by atoms with Crippen LogP contribution in [0.2, 0.25) is 0 Å². The molecule has 0 saturated heterocycles. The molecule has 1 aromatic rings. The van der Waals surface area contributed by atoms with E-state index < -0.39 is 42.1 Å². The quantitative estimate of drug-likeness (QED) is 0.302. The van der Waals surface area contributed by atoms with E-state index in [1.165, 1.54) is 30.4 Å². The van der Waals surface area contributed by atoms with E-state index in [0.29, 0.717) is 0 Å². The molecule has 1 aromatic carbocycles. The third-order valence-corrected chi connectivity index (χ3v) is 5.59. The number of allylic oxidation sites excluding steroid dienone is 3. The van der Waals surface area contributed by atoms with E-state index in [-0.39, 0.29) is 11.1 Å². The van der Waals surface area contributed by atoms with Crippen molar-refractivity contribution in [3.8, 4) is 0 Å². The Morgan fingerprint density at radius 1 is 1.00 bits per heavy atom. The first-order valence-corrected chi connectivity index (χ1v) is 10.2. The summed E-state index contributed by atoms with van der Waals surface area (Å²) in [6.45, 7) is 0. The van der Waals surface area contributed by atoms with Gasteiger partial charge in [0.1, 0.15) is 10.6 Å². The van der Waals surface area contributed by atoms with E-state index in [1.807, 2.05) is 0 Å². The van der Waals surface area contributed by atoms with E-state index in [0.717, 1.165) is 18.2 Å². The molecule has 2 N–H and O–H groups in total. The highest BCUT2D eigenvalue weighted by Gasteiger charge is 2.34. The lowest BCUT2D eigenvalue weighted by atomic mass is 9.97. The summed E-state index contributed by atoms with van der Waals surface area (Å²) in [5.41, 5.74) is 15.4. The SMILES string of the molecule is [N-]=[N+]=NC1(N=[N+]=[N-])C=CC(C=Cc2ccccc2S(=O)(=O)O)=C(S(=O)(=O)O)C1. The van der Waals surface area contributed by atoms with Crippen LogP contribution < -0.4 is 0 Å². The van der Waals surface area contributed by atoms with Gasteiger partial charge in [0.2, 0.25) is 0 Å². The molecule has 0 fully saturated rings. The Bertz CT molecular complexity index is 1180. The minimum Gasteiger partial charge on any atom is -0.282 e. The molecule has 0 aliphatic heterocycles. The van der Waals surface area contributed by atoms with Crippen molar-refractivity contribution in [2.24, 2.45) is 10.2 Å². The molecular formula is C14H12N6O6S2. The average molecular weight is 424 g/mol. The Kier molecular flexibility index (Phi) is 5.95. The molecule has 28 heavy (non-hydrogen) atoms. The highest BCUT2D eigenvalue weighted by Crippen LogP contribution is 2.35. The van der Waals surface area contributed by atoms with E-state index in [9.17, 15) is 25.9 Å². The van der Waals surface area contributed by atoms with Crippen LogP contribution >= 0.6 is 0 Å². The summed E-state index contributed by atoms with van der Waals surface area (Å²) in [6.07, 6.45) is 4.04. The van der Waals surface area contributed by atoms with Gasteiger partial charge in [-0.15, -0.1) is 0 Å². The van der Waals surface area contributed by atoms with Crippen LogP contribution in [0.5, 0.6) is 0 Å². The maximum absolute atomic E-state index is 11.8. The predicted octanol–water partition coefficient (Wildman–Crippen LogP) is 3.37. The van der Waals surface area contributed by atoms with Gasteiger partial charge in [-0.05, 0) is 28.3 Å². The molecule has 14 heteroatoms. The molecule has 1 aliphatic rings. The van der Waals surface area contributed by atoms with Crippen LogP contribution in [0.3, 0.4) is 0 Å². The van der Waals surface area contributed by atoms with Gasteiger partial charge in [0.15, 0.2) is 0 Å². The number of azide groups is 1. The van der Waals surface area contributed by atoms with Crippen LogP contribution in [0.4, 0.5) is 0 Å². The van der Waals surface area contributed by atoms with E-state index >= 15 is 0 Å². The third kappa shape index (κ3) is 4.78. The van der Waals surface area contributed by atoms with Crippen molar-refractivity contribution < 1.29 is 25.9 Å². The fraction of sp³-hybridized carbons (Fsp3) is 0.143. The molecule has 0 radical (unpaired) electrons. The monoisotopic (exact) mass is 424 g/mol. The Balaban J connectivity index is 2.60. The van der Waals surface area contributed by atoms with Crippen molar-refractivity contribution in [3.63, 3.8) is 0 Å². The number of hydrogen-bond donors (Lipinski definition) is 2. The maximum Gasteiger partial charge on any atom is 0.295 e. The minimum absolute atomic E-state index is 0.0579. The van der Waals surface area contributed by atoms with E-state index in [1.54, 1.807) is 0 Å². The molecule has 0 heterocycles. The van der Waals surface area contributed by atoms with Crippen LogP contribution in [0.15, 0.2) is 68.1 Å². The minimum atomic E-state index is -4.78. The zero-order valence-electron chi connectivity index (χ0n) is 13.9. The van der Waals surface area contributed by atoms with Crippen molar-refractivity contribution in [1.29, 1.82) is 0 Å². The van der Waals surface area contributed by atoms with Gasteiger partial charge in [-0.25, -0.2) is 0 Å². The highest BCUT2D eigenvalue weighted by molar-refractivity contribution is 7.89. The van der Waals surface area contributed by atoms with Gasteiger partial charge in [0.05, 0.1) is 4.91 Å².